The molecule has 1 aromatic rings. The van der Waals surface area contributed by atoms with Gasteiger partial charge >= 0.3 is 0 Å². The highest BCUT2D eigenvalue weighted by molar-refractivity contribution is 6.00. The topological polar surface area (TPSA) is 74.9 Å². The number of benzene rings is 1. The van der Waals surface area contributed by atoms with Gasteiger partial charge in [-0.25, -0.2) is 4.99 Å². The second-order valence-corrected chi connectivity index (χ2v) is 8.45. The summed E-state index contributed by atoms with van der Waals surface area (Å²) in [5.41, 5.74) is 1.72. The Morgan fingerprint density at radius 1 is 1.21 bits per heavy atom. The Hall–Kier alpha value is -2.91. The summed E-state index contributed by atoms with van der Waals surface area (Å²) in [7, 11) is 0. The van der Waals surface area contributed by atoms with Gasteiger partial charge in [0.25, 0.3) is 0 Å². The maximum absolute atomic E-state index is 13.1. The van der Waals surface area contributed by atoms with Gasteiger partial charge in [0.2, 0.25) is 5.88 Å². The van der Waals surface area contributed by atoms with Crippen molar-refractivity contribution >= 4 is 12.1 Å². The molecule has 0 amide bonds. The van der Waals surface area contributed by atoms with Gasteiger partial charge in [-0.15, -0.1) is 0 Å². The van der Waals surface area contributed by atoms with Gasteiger partial charge in [0.15, 0.2) is 5.78 Å². The molecule has 1 unspecified atom stereocenters. The van der Waals surface area contributed by atoms with Crippen LogP contribution in [0.2, 0.25) is 0 Å². The number of rotatable bonds is 3. The van der Waals surface area contributed by atoms with Crippen LogP contribution < -0.4 is 0 Å². The highest BCUT2D eigenvalue weighted by Gasteiger charge is 2.43. The van der Waals surface area contributed by atoms with Gasteiger partial charge in [-0.3, -0.25) is 4.79 Å². The Morgan fingerprint density at radius 2 is 1.93 bits per heavy atom. The van der Waals surface area contributed by atoms with E-state index < -0.39 is 5.92 Å². The molecule has 1 atom stereocenters. The molecule has 1 aromatic carbocycles. The molecule has 29 heavy (non-hydrogen) atoms. The summed E-state index contributed by atoms with van der Waals surface area (Å²) < 4.78 is 11.5. The Labute approximate surface area is 171 Å². The normalized spacial score (nSPS) is 24.4. The number of hydrogen-bond acceptors (Lipinski definition) is 5. The van der Waals surface area contributed by atoms with E-state index in [-0.39, 0.29) is 17.1 Å². The van der Waals surface area contributed by atoms with Crippen LogP contribution in [0, 0.1) is 16.7 Å². The summed E-state index contributed by atoms with van der Waals surface area (Å²) in [4.78, 5) is 19.7. The van der Waals surface area contributed by atoms with E-state index in [1.165, 1.54) is 0 Å². The van der Waals surface area contributed by atoms with E-state index in [1.54, 1.807) is 6.34 Å². The minimum absolute atomic E-state index is 0.0501. The van der Waals surface area contributed by atoms with Gasteiger partial charge in [-0.2, -0.15) is 5.26 Å². The van der Waals surface area contributed by atoms with Gasteiger partial charge in [0, 0.05) is 31.5 Å². The third-order valence-electron chi connectivity index (χ3n) is 5.54. The lowest BCUT2D eigenvalue weighted by atomic mass is 9.70. The molecular weight excluding hydrogens is 366 g/mol. The summed E-state index contributed by atoms with van der Waals surface area (Å²) in [6.45, 7) is 6.94. The molecule has 150 valence electrons. The molecule has 0 radical (unpaired) electrons. The first-order valence-electron chi connectivity index (χ1n) is 9.98. The molecule has 0 bridgehead atoms. The van der Waals surface area contributed by atoms with E-state index in [0.29, 0.717) is 43.0 Å². The zero-order valence-electron chi connectivity index (χ0n) is 16.9. The fourth-order valence-corrected chi connectivity index (χ4v) is 4.14. The fourth-order valence-electron chi connectivity index (χ4n) is 4.14. The third kappa shape index (κ3) is 3.96. The zero-order chi connectivity index (χ0) is 20.4. The van der Waals surface area contributed by atoms with E-state index >= 15 is 0 Å². The lowest BCUT2D eigenvalue weighted by molar-refractivity contribution is -0.119. The number of Topliss-reactive ketones (excluding diaryl/α,β-unsaturated/α-hetero) is 1. The number of morpholine rings is 1. The second-order valence-electron chi connectivity index (χ2n) is 8.45. The number of nitriles is 1. The van der Waals surface area contributed by atoms with Crippen LogP contribution in [0.4, 0.5) is 0 Å². The Bertz CT molecular complexity index is 932. The van der Waals surface area contributed by atoms with Crippen LogP contribution in [0.5, 0.6) is 0 Å². The maximum Gasteiger partial charge on any atom is 0.235 e. The number of ketones is 1. The first kappa shape index (κ1) is 19.4. The van der Waals surface area contributed by atoms with Crippen molar-refractivity contribution in [1.82, 2.24) is 4.90 Å². The summed E-state index contributed by atoms with van der Waals surface area (Å²) >= 11 is 0. The molecule has 1 aliphatic carbocycles. The summed E-state index contributed by atoms with van der Waals surface area (Å²) in [5.74, 6) is 0.546. The van der Waals surface area contributed by atoms with Crippen molar-refractivity contribution in [2.45, 2.75) is 32.6 Å². The molecule has 1 fully saturated rings. The maximum atomic E-state index is 13.1. The highest BCUT2D eigenvalue weighted by Crippen LogP contribution is 2.48. The van der Waals surface area contributed by atoms with Gasteiger partial charge < -0.3 is 14.4 Å². The van der Waals surface area contributed by atoms with Gasteiger partial charge in [0.1, 0.15) is 17.4 Å². The second kappa shape index (κ2) is 7.84. The van der Waals surface area contributed by atoms with E-state index in [1.807, 2.05) is 35.2 Å². The van der Waals surface area contributed by atoms with Crippen molar-refractivity contribution in [3.63, 3.8) is 0 Å². The minimum Gasteiger partial charge on any atom is -0.442 e. The Morgan fingerprint density at radius 3 is 2.62 bits per heavy atom. The van der Waals surface area contributed by atoms with Gasteiger partial charge in [0.05, 0.1) is 25.5 Å². The van der Waals surface area contributed by atoms with Crippen LogP contribution >= 0.6 is 0 Å². The van der Waals surface area contributed by atoms with E-state index in [4.69, 9.17) is 9.47 Å². The average Bonchev–Trinajstić information content (AvgIpc) is 2.71. The van der Waals surface area contributed by atoms with Crippen molar-refractivity contribution in [2.24, 2.45) is 10.4 Å². The molecular formula is C23H25N3O3. The summed E-state index contributed by atoms with van der Waals surface area (Å²) in [5, 5.41) is 9.98. The fraction of sp³-hybridized carbons (Fsp3) is 0.435. The third-order valence-corrected chi connectivity index (χ3v) is 5.54. The van der Waals surface area contributed by atoms with Crippen molar-refractivity contribution in [1.29, 1.82) is 5.26 Å². The highest BCUT2D eigenvalue weighted by atomic mass is 16.5. The predicted molar refractivity (Wildman–Crippen MR) is 109 cm³/mol. The van der Waals surface area contributed by atoms with Crippen LogP contribution in [-0.2, 0) is 14.3 Å². The quantitative estimate of drug-likeness (QED) is 0.582. The molecule has 4 rings (SSSR count). The first-order chi connectivity index (χ1) is 14.0. The van der Waals surface area contributed by atoms with E-state index in [0.717, 1.165) is 18.7 Å². The van der Waals surface area contributed by atoms with E-state index in [2.05, 4.69) is 24.9 Å². The number of hydrogen-bond donors (Lipinski definition) is 0. The molecule has 6 heteroatoms. The Balaban J connectivity index is 1.78. The smallest absolute Gasteiger partial charge is 0.235 e. The van der Waals surface area contributed by atoms with Crippen LogP contribution in [0.3, 0.4) is 0 Å². The molecule has 0 N–H and O–H groups in total. The first-order valence-corrected chi connectivity index (χ1v) is 9.98. The SMILES string of the molecule is CC1(C)CC(=O)C2=C(C1)OC(N=CN1CCOCC1)=C(C#N)C2c1ccccc1. The molecule has 0 aromatic heterocycles. The Kier molecular flexibility index (Phi) is 5.25. The molecule has 2 heterocycles. The standard InChI is InChI=1S/C23H25N3O3/c1-23(2)12-18(27)21-19(13-23)29-22(25-15-26-8-10-28-11-9-26)17(14-24)20(21)16-6-4-3-5-7-16/h3-7,15,20H,8-13H2,1-2H3. The van der Waals surface area contributed by atoms with Crippen molar-refractivity contribution in [3.8, 4) is 6.07 Å². The number of nitrogens with zero attached hydrogens (tertiary/aromatic N) is 3. The van der Waals surface area contributed by atoms with Crippen molar-refractivity contribution in [2.75, 3.05) is 26.3 Å². The zero-order valence-corrected chi connectivity index (χ0v) is 16.9. The number of allylic oxidation sites excluding steroid dienone is 3. The lowest BCUT2D eigenvalue weighted by Gasteiger charge is -2.37. The number of carbonyl (C=O) groups is 1. The molecule has 3 aliphatic rings. The van der Waals surface area contributed by atoms with Crippen LogP contribution in [0.15, 0.2) is 58.1 Å². The van der Waals surface area contributed by atoms with Crippen molar-refractivity contribution < 1.29 is 14.3 Å². The molecule has 0 saturated carbocycles. The predicted octanol–water partition coefficient (Wildman–Crippen LogP) is 3.54. The lowest BCUT2D eigenvalue weighted by Crippen LogP contribution is -2.35. The largest absolute Gasteiger partial charge is 0.442 e. The molecule has 0 spiro atoms. The van der Waals surface area contributed by atoms with Crippen LogP contribution in [0.1, 0.15) is 38.2 Å². The molecule has 2 aliphatic heterocycles. The van der Waals surface area contributed by atoms with Gasteiger partial charge in [-0.05, 0) is 11.0 Å². The van der Waals surface area contributed by atoms with Gasteiger partial charge in [-0.1, -0.05) is 44.2 Å². The van der Waals surface area contributed by atoms with E-state index in [9.17, 15) is 10.1 Å². The van der Waals surface area contributed by atoms with Crippen molar-refractivity contribution in [3.05, 3.63) is 58.7 Å². The number of aliphatic imine (C=N–C) groups is 1. The monoisotopic (exact) mass is 391 g/mol. The minimum atomic E-state index is -0.439. The molecule has 6 nitrogen and oxygen atoms in total. The van der Waals surface area contributed by atoms with Crippen LogP contribution in [0.25, 0.3) is 0 Å². The average molecular weight is 391 g/mol. The summed E-state index contributed by atoms with van der Waals surface area (Å²) in [6.07, 6.45) is 2.81. The summed E-state index contributed by atoms with van der Waals surface area (Å²) in [6, 6.07) is 12.0. The van der Waals surface area contributed by atoms with Crippen LogP contribution in [-0.4, -0.2) is 43.3 Å². The molecule has 1 saturated heterocycles. The number of carbonyl (C=O) groups excluding carboxylic acids is 1. The number of ether oxygens (including phenoxy) is 2.